The van der Waals surface area contributed by atoms with Gasteiger partial charge in [0.25, 0.3) is 11.1 Å². The van der Waals surface area contributed by atoms with Crippen LogP contribution in [0.5, 0.6) is 0 Å². The predicted molar refractivity (Wildman–Crippen MR) is 130 cm³/mol. The Morgan fingerprint density at radius 2 is 1.87 bits per heavy atom. The molecule has 31 heavy (non-hydrogen) atoms. The molecule has 4 nitrogen and oxygen atoms in total. The topological polar surface area (TPSA) is 40.6 Å². The van der Waals surface area contributed by atoms with Crippen molar-refractivity contribution in [1.82, 2.24) is 4.90 Å². The molecule has 0 bridgehead atoms. The van der Waals surface area contributed by atoms with Gasteiger partial charge in [0, 0.05) is 23.3 Å². The molecule has 2 aliphatic rings. The minimum absolute atomic E-state index is 0.102. The molecular weight excluding hydrogens is 428 g/mol. The van der Waals surface area contributed by atoms with Gasteiger partial charge in [-0.2, -0.15) is 0 Å². The first-order chi connectivity index (χ1) is 14.6. The number of carbonyl (C=O) groups is 2. The van der Waals surface area contributed by atoms with Gasteiger partial charge in [0.05, 0.1) is 11.4 Å². The molecule has 1 atom stereocenters. The fourth-order valence-electron chi connectivity index (χ4n) is 4.44. The summed E-state index contributed by atoms with van der Waals surface area (Å²) in [6, 6.07) is 11.6. The first kappa shape index (κ1) is 22.0. The molecule has 0 spiro atoms. The lowest BCUT2D eigenvalue weighted by Gasteiger charge is -2.45. The normalized spacial score (nSPS) is 21.7. The Kier molecular flexibility index (Phi) is 5.69. The Labute approximate surface area is 193 Å². The number of anilines is 1. The largest absolute Gasteiger partial charge is 0.369 e. The summed E-state index contributed by atoms with van der Waals surface area (Å²) in [6.45, 7) is 9.11. The molecule has 2 aliphatic heterocycles. The van der Waals surface area contributed by atoms with Crippen LogP contribution in [0, 0.1) is 6.92 Å². The molecule has 2 aromatic carbocycles. The van der Waals surface area contributed by atoms with E-state index in [0.29, 0.717) is 15.8 Å². The van der Waals surface area contributed by atoms with E-state index in [9.17, 15) is 9.59 Å². The van der Waals surface area contributed by atoms with E-state index in [4.69, 9.17) is 11.6 Å². The van der Waals surface area contributed by atoms with Crippen molar-refractivity contribution in [3.05, 3.63) is 68.6 Å². The number of fused-ring (bicyclic) bond motifs is 1. The lowest BCUT2D eigenvalue weighted by Crippen LogP contribution is -2.45. The molecule has 0 unspecified atom stereocenters. The highest BCUT2D eigenvalue weighted by Crippen LogP contribution is 2.44. The zero-order chi connectivity index (χ0) is 22.5. The molecule has 1 fully saturated rings. The number of hydrogen-bond acceptors (Lipinski definition) is 4. The molecule has 2 heterocycles. The molecule has 2 aromatic rings. The maximum Gasteiger partial charge on any atom is 0.293 e. The average molecular weight is 455 g/mol. The smallest absolute Gasteiger partial charge is 0.293 e. The van der Waals surface area contributed by atoms with E-state index in [2.05, 4.69) is 51.8 Å². The van der Waals surface area contributed by atoms with Crippen molar-refractivity contribution in [3.8, 4) is 0 Å². The molecule has 2 amide bonds. The van der Waals surface area contributed by atoms with Gasteiger partial charge in [-0.1, -0.05) is 30.7 Å². The van der Waals surface area contributed by atoms with Gasteiger partial charge < -0.3 is 4.90 Å². The summed E-state index contributed by atoms with van der Waals surface area (Å²) < 4.78 is 0. The van der Waals surface area contributed by atoms with Crippen LogP contribution in [0.1, 0.15) is 55.4 Å². The van der Waals surface area contributed by atoms with E-state index in [1.807, 2.05) is 18.2 Å². The molecule has 1 saturated heterocycles. The predicted octanol–water partition coefficient (Wildman–Crippen LogP) is 6.61. The highest BCUT2D eigenvalue weighted by molar-refractivity contribution is 8.18. The van der Waals surface area contributed by atoms with Crippen molar-refractivity contribution in [1.29, 1.82) is 0 Å². The van der Waals surface area contributed by atoms with E-state index < -0.39 is 0 Å². The number of halogens is 1. The van der Waals surface area contributed by atoms with Crippen LogP contribution in [0.2, 0.25) is 5.02 Å². The van der Waals surface area contributed by atoms with Crippen molar-refractivity contribution >= 4 is 46.3 Å². The number of imide groups is 1. The van der Waals surface area contributed by atoms with E-state index in [1.165, 1.54) is 16.2 Å². The molecule has 0 N–H and O–H groups in total. The number of carbonyl (C=O) groups excluding carboxylic acids is 2. The third-order valence-corrected chi connectivity index (χ3v) is 7.59. The van der Waals surface area contributed by atoms with Crippen LogP contribution in [-0.2, 0) is 11.3 Å². The van der Waals surface area contributed by atoms with Crippen molar-refractivity contribution in [2.45, 2.75) is 52.1 Å². The molecule has 0 radical (unpaired) electrons. The summed E-state index contributed by atoms with van der Waals surface area (Å²) in [5.74, 6) is 0.183. The zero-order valence-corrected chi connectivity index (χ0v) is 20.1. The van der Waals surface area contributed by atoms with Gasteiger partial charge in [-0.25, -0.2) is 0 Å². The van der Waals surface area contributed by atoms with Crippen LogP contribution >= 0.6 is 23.4 Å². The van der Waals surface area contributed by atoms with Gasteiger partial charge >= 0.3 is 0 Å². The molecule has 0 aromatic heterocycles. The molecular formula is C25H27ClN2O2S. The van der Waals surface area contributed by atoms with E-state index in [0.717, 1.165) is 34.9 Å². The molecule has 4 rings (SSSR count). The van der Waals surface area contributed by atoms with Crippen LogP contribution in [0.15, 0.2) is 41.3 Å². The number of hydrogen-bond donors (Lipinski definition) is 0. The second kappa shape index (κ2) is 8.03. The van der Waals surface area contributed by atoms with Gasteiger partial charge in [0.2, 0.25) is 0 Å². The van der Waals surface area contributed by atoms with E-state index >= 15 is 0 Å². The number of aryl methyl sites for hydroxylation is 1. The van der Waals surface area contributed by atoms with Crippen molar-refractivity contribution in [2.75, 3.05) is 11.9 Å². The number of nitrogens with zero attached hydrogens (tertiary/aromatic N) is 2. The number of amides is 2. The summed E-state index contributed by atoms with van der Waals surface area (Å²) in [5.41, 5.74) is 5.60. The Bertz CT molecular complexity index is 1090. The summed E-state index contributed by atoms with van der Waals surface area (Å²) in [4.78, 5) is 29.6. The first-order valence-corrected chi connectivity index (χ1v) is 11.6. The van der Waals surface area contributed by atoms with Gasteiger partial charge in [-0.05, 0) is 97.5 Å². The van der Waals surface area contributed by atoms with Crippen LogP contribution < -0.4 is 4.90 Å². The number of benzene rings is 2. The van der Waals surface area contributed by atoms with Crippen LogP contribution in [0.4, 0.5) is 10.5 Å². The van der Waals surface area contributed by atoms with Gasteiger partial charge in [-0.15, -0.1) is 0 Å². The molecule has 0 saturated carbocycles. The van der Waals surface area contributed by atoms with E-state index in [-0.39, 0.29) is 23.2 Å². The second-order valence-electron chi connectivity index (χ2n) is 9.14. The minimum atomic E-state index is -0.242. The van der Waals surface area contributed by atoms with Crippen LogP contribution in [0.25, 0.3) is 6.08 Å². The van der Waals surface area contributed by atoms with Crippen LogP contribution in [-0.4, -0.2) is 28.6 Å². The van der Waals surface area contributed by atoms with Gasteiger partial charge in [-0.3, -0.25) is 14.5 Å². The number of rotatable bonds is 3. The maximum atomic E-state index is 13.0. The average Bonchev–Trinajstić information content (AvgIpc) is 2.96. The van der Waals surface area contributed by atoms with Gasteiger partial charge in [0.15, 0.2) is 0 Å². The number of thioether (sulfide) groups is 1. The van der Waals surface area contributed by atoms with Crippen molar-refractivity contribution < 1.29 is 9.59 Å². The monoisotopic (exact) mass is 454 g/mol. The molecule has 162 valence electrons. The first-order valence-electron chi connectivity index (χ1n) is 10.4. The second-order valence-corrected chi connectivity index (χ2v) is 10.6. The Morgan fingerprint density at radius 3 is 2.55 bits per heavy atom. The highest BCUT2D eigenvalue weighted by atomic mass is 35.5. The maximum absolute atomic E-state index is 13.0. The van der Waals surface area contributed by atoms with Crippen molar-refractivity contribution in [2.24, 2.45) is 0 Å². The summed E-state index contributed by atoms with van der Waals surface area (Å²) in [6.07, 6.45) is 2.94. The fraction of sp³-hybridized carbons (Fsp3) is 0.360. The summed E-state index contributed by atoms with van der Waals surface area (Å²) >= 11 is 6.94. The quantitative estimate of drug-likeness (QED) is 0.489. The summed E-state index contributed by atoms with van der Waals surface area (Å²) in [5, 5.41) is 0.389. The Hall–Kier alpha value is -2.24. The fourth-order valence-corrected chi connectivity index (χ4v) is 5.40. The van der Waals surface area contributed by atoms with Crippen LogP contribution in [0.3, 0.4) is 0 Å². The SMILES string of the molecule is Cc1cc2c(cc1/C=C1\SC(=O)N(Cc3ccc(Cl)cc3)C1=O)[C@H](C)CC(C)(C)N2C. The van der Waals surface area contributed by atoms with E-state index in [1.54, 1.807) is 12.1 Å². The molecule has 6 heteroatoms. The lowest BCUT2D eigenvalue weighted by molar-refractivity contribution is -0.123. The standard InChI is InChI=1S/C25H27ClN2O2S/c1-15-10-21-20(16(2)13-25(3,4)27(21)5)11-18(15)12-22-23(29)28(24(30)31-22)14-17-6-8-19(26)9-7-17/h6-12,16H,13-14H2,1-5H3/b22-12-/t16-/m1/s1. The summed E-state index contributed by atoms with van der Waals surface area (Å²) in [7, 11) is 2.14. The Morgan fingerprint density at radius 1 is 1.19 bits per heavy atom. The third kappa shape index (κ3) is 4.13. The Balaban J connectivity index is 1.63. The van der Waals surface area contributed by atoms with Gasteiger partial charge in [0.1, 0.15) is 0 Å². The van der Waals surface area contributed by atoms with Crippen molar-refractivity contribution in [3.63, 3.8) is 0 Å². The molecule has 0 aliphatic carbocycles. The lowest BCUT2D eigenvalue weighted by atomic mass is 9.79. The third-order valence-electron chi connectivity index (χ3n) is 6.44. The highest BCUT2D eigenvalue weighted by Gasteiger charge is 2.36. The zero-order valence-electron chi connectivity index (χ0n) is 18.5. The minimum Gasteiger partial charge on any atom is -0.369 e.